The number of aliphatic hydroxyl groups is 2. The molecule has 3 nitrogen and oxygen atoms in total. The van der Waals surface area contributed by atoms with Crippen molar-refractivity contribution in [1.82, 2.24) is 0 Å². The highest BCUT2D eigenvalue weighted by molar-refractivity contribution is 4.67. The van der Waals surface area contributed by atoms with Gasteiger partial charge in [-0.3, -0.25) is 0 Å². The van der Waals surface area contributed by atoms with E-state index < -0.39 is 0 Å². The van der Waals surface area contributed by atoms with Crippen LogP contribution in [0.3, 0.4) is 0 Å². The lowest BCUT2D eigenvalue weighted by molar-refractivity contribution is -0.0324. The quantitative estimate of drug-likeness (QED) is 0.130. The zero-order valence-electron chi connectivity index (χ0n) is 23.4. The van der Waals surface area contributed by atoms with E-state index in [0.29, 0.717) is 12.2 Å². The molecule has 0 fully saturated rings. The second-order valence-corrected chi connectivity index (χ2v) is 9.93. The molecule has 3 heteroatoms. The van der Waals surface area contributed by atoms with Crippen LogP contribution in [0.4, 0.5) is 0 Å². The SMILES string of the molecule is CCCCCCCC(CCCCCC)OC(CCCCCC)CCCCCCC.OCCO. The highest BCUT2D eigenvalue weighted by Gasteiger charge is 2.16. The van der Waals surface area contributed by atoms with Crippen LogP contribution in [-0.4, -0.2) is 35.6 Å². The summed E-state index contributed by atoms with van der Waals surface area (Å²) < 4.78 is 6.82. The number of ether oxygens (including phenoxy) is 1. The lowest BCUT2D eigenvalue weighted by Crippen LogP contribution is -2.23. The van der Waals surface area contributed by atoms with E-state index in [9.17, 15) is 0 Å². The first kappa shape index (κ1) is 35.0. The standard InChI is InChI=1S/C28H58O.C2H6O2/c1-5-9-13-17-21-25-27(23-19-15-11-7-3)29-28(24-20-16-12-8-4)26-22-18-14-10-6-2;3-1-2-4/h27-28H,5-26H2,1-4H3;3-4H,1-2H2. The minimum atomic E-state index is -0.125. The third-order valence-electron chi connectivity index (χ3n) is 6.50. The van der Waals surface area contributed by atoms with Gasteiger partial charge in [-0.05, 0) is 25.7 Å². The summed E-state index contributed by atoms with van der Waals surface area (Å²) in [6.07, 6.45) is 31.1. The Labute approximate surface area is 209 Å². The number of hydrogen-bond donors (Lipinski definition) is 2. The Morgan fingerprint density at radius 3 is 0.879 bits per heavy atom. The first-order chi connectivity index (χ1) is 16.2. The Kier molecular flexibility index (Phi) is 33.9. The average molecular weight is 473 g/mol. The largest absolute Gasteiger partial charge is 0.394 e. The van der Waals surface area contributed by atoms with Crippen molar-refractivity contribution in [2.75, 3.05) is 13.2 Å². The number of hydrogen-bond acceptors (Lipinski definition) is 3. The van der Waals surface area contributed by atoms with Crippen molar-refractivity contribution in [3.05, 3.63) is 0 Å². The molecule has 0 aliphatic rings. The maximum absolute atomic E-state index is 7.62. The summed E-state index contributed by atoms with van der Waals surface area (Å²) in [4.78, 5) is 0. The summed E-state index contributed by atoms with van der Waals surface area (Å²) in [5, 5.41) is 15.2. The van der Waals surface area contributed by atoms with Gasteiger partial charge in [-0.25, -0.2) is 0 Å². The third kappa shape index (κ3) is 29.8. The first-order valence-electron chi connectivity index (χ1n) is 15.1. The normalized spacial score (nSPS) is 12.9. The zero-order valence-corrected chi connectivity index (χ0v) is 23.4. The van der Waals surface area contributed by atoms with E-state index in [4.69, 9.17) is 14.9 Å². The van der Waals surface area contributed by atoms with E-state index in [1.807, 2.05) is 0 Å². The van der Waals surface area contributed by atoms with Crippen LogP contribution in [-0.2, 0) is 4.74 Å². The van der Waals surface area contributed by atoms with Gasteiger partial charge in [-0.1, -0.05) is 143 Å². The van der Waals surface area contributed by atoms with E-state index in [1.165, 1.54) is 141 Å². The molecule has 2 unspecified atom stereocenters. The van der Waals surface area contributed by atoms with Crippen LogP contribution in [0, 0.1) is 0 Å². The molecule has 0 rings (SSSR count). The molecule has 0 radical (unpaired) electrons. The molecule has 0 aliphatic heterocycles. The minimum absolute atomic E-state index is 0.125. The van der Waals surface area contributed by atoms with Crippen LogP contribution in [0.15, 0.2) is 0 Å². The van der Waals surface area contributed by atoms with Crippen molar-refractivity contribution >= 4 is 0 Å². The lowest BCUT2D eigenvalue weighted by atomic mass is 10.00. The van der Waals surface area contributed by atoms with Gasteiger partial charge in [-0.2, -0.15) is 0 Å². The van der Waals surface area contributed by atoms with Gasteiger partial charge < -0.3 is 14.9 Å². The summed E-state index contributed by atoms with van der Waals surface area (Å²) in [6.45, 7) is 8.99. The Hall–Kier alpha value is -0.120. The van der Waals surface area contributed by atoms with Crippen molar-refractivity contribution in [1.29, 1.82) is 0 Å². The molecule has 33 heavy (non-hydrogen) atoms. The molecule has 2 atom stereocenters. The van der Waals surface area contributed by atoms with Crippen molar-refractivity contribution in [3.8, 4) is 0 Å². The van der Waals surface area contributed by atoms with Crippen molar-refractivity contribution in [2.24, 2.45) is 0 Å². The fourth-order valence-corrected chi connectivity index (χ4v) is 4.38. The molecule has 2 N–H and O–H groups in total. The monoisotopic (exact) mass is 472 g/mol. The van der Waals surface area contributed by atoms with Gasteiger partial charge in [0.05, 0.1) is 25.4 Å². The van der Waals surface area contributed by atoms with Crippen LogP contribution >= 0.6 is 0 Å². The maximum atomic E-state index is 7.62. The maximum Gasteiger partial charge on any atom is 0.0662 e. The zero-order chi connectivity index (χ0) is 24.8. The summed E-state index contributed by atoms with van der Waals surface area (Å²) in [6, 6.07) is 0. The molecule has 202 valence electrons. The van der Waals surface area contributed by atoms with E-state index >= 15 is 0 Å². The Morgan fingerprint density at radius 1 is 0.394 bits per heavy atom. The summed E-state index contributed by atoms with van der Waals surface area (Å²) in [5.41, 5.74) is 0. The van der Waals surface area contributed by atoms with Crippen molar-refractivity contribution in [3.63, 3.8) is 0 Å². The summed E-state index contributed by atoms with van der Waals surface area (Å²) >= 11 is 0. The van der Waals surface area contributed by atoms with Gasteiger partial charge >= 0.3 is 0 Å². The van der Waals surface area contributed by atoms with Gasteiger partial charge in [0.25, 0.3) is 0 Å². The molecular weight excluding hydrogens is 408 g/mol. The van der Waals surface area contributed by atoms with E-state index in [2.05, 4.69) is 27.7 Å². The Morgan fingerprint density at radius 2 is 0.636 bits per heavy atom. The van der Waals surface area contributed by atoms with Crippen LogP contribution in [0.5, 0.6) is 0 Å². The average Bonchev–Trinajstić information content (AvgIpc) is 2.83. The van der Waals surface area contributed by atoms with E-state index in [1.54, 1.807) is 0 Å². The molecule has 0 saturated heterocycles. The molecule has 0 heterocycles. The van der Waals surface area contributed by atoms with Crippen LogP contribution in [0.1, 0.15) is 169 Å². The third-order valence-corrected chi connectivity index (χ3v) is 6.50. The molecule has 0 amide bonds. The topological polar surface area (TPSA) is 49.7 Å². The second-order valence-electron chi connectivity index (χ2n) is 9.93. The number of unbranched alkanes of at least 4 members (excludes halogenated alkanes) is 14. The number of aliphatic hydroxyl groups excluding tert-OH is 2. The van der Waals surface area contributed by atoms with Gasteiger partial charge in [0, 0.05) is 0 Å². The highest BCUT2D eigenvalue weighted by Crippen LogP contribution is 2.22. The van der Waals surface area contributed by atoms with E-state index in [-0.39, 0.29) is 13.2 Å². The predicted octanol–water partition coefficient (Wildman–Crippen LogP) is 9.37. The van der Waals surface area contributed by atoms with Crippen molar-refractivity contribution in [2.45, 2.75) is 181 Å². The highest BCUT2D eigenvalue weighted by atomic mass is 16.5. The van der Waals surface area contributed by atoms with Crippen LogP contribution in [0.2, 0.25) is 0 Å². The molecule has 0 aromatic heterocycles. The second kappa shape index (κ2) is 31.9. The molecule has 0 bridgehead atoms. The predicted molar refractivity (Wildman–Crippen MR) is 147 cm³/mol. The van der Waals surface area contributed by atoms with Gasteiger partial charge in [-0.15, -0.1) is 0 Å². The smallest absolute Gasteiger partial charge is 0.0662 e. The first-order valence-corrected chi connectivity index (χ1v) is 15.1. The molecule has 0 saturated carbocycles. The summed E-state index contributed by atoms with van der Waals surface area (Å²) in [7, 11) is 0. The Bertz CT molecular complexity index is 292. The van der Waals surface area contributed by atoms with E-state index in [0.717, 1.165) is 0 Å². The van der Waals surface area contributed by atoms with Crippen molar-refractivity contribution < 1.29 is 14.9 Å². The summed E-state index contributed by atoms with van der Waals surface area (Å²) in [5.74, 6) is 0. The molecular formula is C30H64O3. The Balaban J connectivity index is 0. The lowest BCUT2D eigenvalue weighted by Gasteiger charge is -2.26. The molecule has 0 aliphatic carbocycles. The fourth-order valence-electron chi connectivity index (χ4n) is 4.38. The van der Waals surface area contributed by atoms with Crippen LogP contribution in [0.25, 0.3) is 0 Å². The molecule has 0 aromatic rings. The molecule has 0 spiro atoms. The van der Waals surface area contributed by atoms with Gasteiger partial charge in [0.15, 0.2) is 0 Å². The molecule has 0 aromatic carbocycles. The van der Waals surface area contributed by atoms with Gasteiger partial charge in [0.1, 0.15) is 0 Å². The number of rotatable bonds is 25. The minimum Gasteiger partial charge on any atom is -0.394 e. The van der Waals surface area contributed by atoms with Gasteiger partial charge in [0.2, 0.25) is 0 Å². The fraction of sp³-hybridized carbons (Fsp3) is 1.00. The van der Waals surface area contributed by atoms with Crippen LogP contribution < -0.4 is 0 Å².